The Hall–Kier alpha value is -3.07. The highest BCUT2D eigenvalue weighted by molar-refractivity contribution is 7.89. The van der Waals surface area contributed by atoms with E-state index >= 15 is 0 Å². The average molecular weight is 522 g/mol. The summed E-state index contributed by atoms with van der Waals surface area (Å²) in [5.74, 6) is 0.0660. The summed E-state index contributed by atoms with van der Waals surface area (Å²) in [6.45, 7) is 0.676. The van der Waals surface area contributed by atoms with Gasteiger partial charge in [-0.15, -0.1) is 0 Å². The normalized spacial score (nSPS) is 15.1. The molecule has 1 heterocycles. The van der Waals surface area contributed by atoms with Crippen LogP contribution in [-0.4, -0.2) is 65.9 Å². The highest BCUT2D eigenvalue weighted by Crippen LogP contribution is 2.27. The molecule has 4 rings (SSSR count). The van der Waals surface area contributed by atoms with Gasteiger partial charge in [0.25, 0.3) is 15.9 Å². The fourth-order valence-corrected chi connectivity index (χ4v) is 6.36. The van der Waals surface area contributed by atoms with Gasteiger partial charge in [-0.1, -0.05) is 67.4 Å². The van der Waals surface area contributed by atoms with Crippen molar-refractivity contribution in [1.82, 2.24) is 14.2 Å². The quantitative estimate of drug-likeness (QED) is 0.389. The van der Waals surface area contributed by atoms with Gasteiger partial charge in [-0.05, 0) is 55.0 Å². The zero-order chi connectivity index (χ0) is 26.1. The van der Waals surface area contributed by atoms with Crippen molar-refractivity contribution in [3.05, 3.63) is 96.2 Å². The van der Waals surface area contributed by atoms with E-state index in [0.717, 1.165) is 31.2 Å². The standard InChI is InChI=1S/C29H35N3O4S/c33-27(23-32(21-25-13-7-8-14-25)37(35,36)28-17-9-10-19-30-28)22-31(20-18-24-11-3-1-4-12-24)29(34)26-15-5-2-6-16-26/h1-6,9-12,15-17,19,25,27,33H,7-8,13-14,18,20-23H2/t27-/m0/s1. The first-order chi connectivity index (χ1) is 17.9. The number of aliphatic hydroxyl groups is 1. The number of carbonyl (C=O) groups excluding carboxylic acids is 1. The zero-order valence-electron chi connectivity index (χ0n) is 21.0. The lowest BCUT2D eigenvalue weighted by Gasteiger charge is -2.30. The van der Waals surface area contributed by atoms with E-state index in [1.54, 1.807) is 29.2 Å². The molecule has 1 aliphatic rings. The summed E-state index contributed by atoms with van der Waals surface area (Å²) in [5.41, 5.74) is 1.62. The number of amides is 1. The van der Waals surface area contributed by atoms with Gasteiger partial charge in [-0.2, -0.15) is 4.31 Å². The Balaban J connectivity index is 1.51. The van der Waals surface area contributed by atoms with E-state index in [4.69, 9.17) is 0 Å². The molecule has 0 unspecified atom stereocenters. The first kappa shape index (κ1) is 27.0. The maximum atomic E-state index is 13.5. The van der Waals surface area contributed by atoms with Gasteiger partial charge in [-0.25, -0.2) is 13.4 Å². The van der Waals surface area contributed by atoms with E-state index in [1.165, 1.54) is 16.6 Å². The molecule has 1 N–H and O–H groups in total. The average Bonchev–Trinajstić information content (AvgIpc) is 3.45. The molecule has 1 amide bonds. The molecule has 1 aromatic heterocycles. The van der Waals surface area contributed by atoms with Gasteiger partial charge in [0.1, 0.15) is 0 Å². The van der Waals surface area contributed by atoms with Crippen LogP contribution in [0.4, 0.5) is 0 Å². The minimum Gasteiger partial charge on any atom is -0.390 e. The molecule has 1 fully saturated rings. The number of benzene rings is 2. The third-order valence-electron chi connectivity index (χ3n) is 6.85. The molecule has 0 radical (unpaired) electrons. The Bertz CT molecular complexity index is 1220. The number of carbonyl (C=O) groups is 1. The van der Waals surface area contributed by atoms with E-state index in [1.807, 2.05) is 48.5 Å². The lowest BCUT2D eigenvalue weighted by Crippen LogP contribution is -2.46. The molecule has 37 heavy (non-hydrogen) atoms. The summed E-state index contributed by atoms with van der Waals surface area (Å²) in [5, 5.41) is 11.1. The van der Waals surface area contributed by atoms with Crippen LogP contribution in [0, 0.1) is 5.92 Å². The largest absolute Gasteiger partial charge is 0.390 e. The summed E-state index contributed by atoms with van der Waals surface area (Å²) < 4.78 is 28.3. The van der Waals surface area contributed by atoms with Crippen LogP contribution in [0.1, 0.15) is 41.6 Å². The maximum Gasteiger partial charge on any atom is 0.260 e. The van der Waals surface area contributed by atoms with Gasteiger partial charge >= 0.3 is 0 Å². The molecular formula is C29H35N3O4S. The number of sulfonamides is 1. The Morgan fingerprint density at radius 1 is 0.919 bits per heavy atom. The van der Waals surface area contributed by atoms with E-state index in [2.05, 4.69) is 4.98 Å². The van der Waals surface area contributed by atoms with Crippen molar-refractivity contribution in [2.24, 2.45) is 5.92 Å². The molecule has 8 heteroatoms. The topological polar surface area (TPSA) is 90.8 Å². The number of rotatable bonds is 12. The SMILES string of the molecule is O=C(c1ccccc1)N(CCc1ccccc1)C[C@H](O)CN(CC1CCCC1)S(=O)(=O)c1ccccn1. The lowest BCUT2D eigenvalue weighted by atomic mass is 10.1. The van der Waals surface area contributed by atoms with Gasteiger partial charge in [0, 0.05) is 37.9 Å². The Morgan fingerprint density at radius 3 is 2.22 bits per heavy atom. The Kier molecular flexibility index (Phi) is 9.44. The minimum atomic E-state index is -3.89. The fraction of sp³-hybridized carbons (Fsp3) is 0.379. The van der Waals surface area contributed by atoms with Crippen LogP contribution in [-0.2, 0) is 16.4 Å². The summed E-state index contributed by atoms with van der Waals surface area (Å²) in [4.78, 5) is 19.0. The van der Waals surface area contributed by atoms with Crippen molar-refractivity contribution < 1.29 is 18.3 Å². The van der Waals surface area contributed by atoms with E-state index in [0.29, 0.717) is 25.1 Å². The number of aliphatic hydroxyl groups excluding tert-OH is 1. The number of hydrogen-bond donors (Lipinski definition) is 1. The summed E-state index contributed by atoms with van der Waals surface area (Å²) in [6.07, 6.45) is 5.15. The van der Waals surface area contributed by atoms with Gasteiger partial charge in [-0.3, -0.25) is 4.79 Å². The minimum absolute atomic E-state index is 0.0264. The molecule has 196 valence electrons. The smallest absolute Gasteiger partial charge is 0.260 e. The second-order valence-corrected chi connectivity index (χ2v) is 11.5. The monoisotopic (exact) mass is 521 g/mol. The van der Waals surface area contributed by atoms with Gasteiger partial charge in [0.2, 0.25) is 0 Å². The molecule has 1 aliphatic carbocycles. The Labute approximate surface area is 219 Å². The molecular weight excluding hydrogens is 486 g/mol. The first-order valence-corrected chi connectivity index (χ1v) is 14.3. The zero-order valence-corrected chi connectivity index (χ0v) is 21.8. The molecule has 1 atom stereocenters. The van der Waals surface area contributed by atoms with Gasteiger partial charge < -0.3 is 10.0 Å². The third-order valence-corrected chi connectivity index (χ3v) is 8.59. The van der Waals surface area contributed by atoms with Crippen LogP contribution in [0.2, 0.25) is 0 Å². The van der Waals surface area contributed by atoms with E-state index in [-0.39, 0.29) is 29.9 Å². The first-order valence-electron chi connectivity index (χ1n) is 12.9. The maximum absolute atomic E-state index is 13.5. The van der Waals surface area contributed by atoms with Gasteiger partial charge in [0.05, 0.1) is 6.10 Å². The number of pyridine rings is 1. The molecule has 0 saturated heterocycles. The third kappa shape index (κ3) is 7.47. The predicted molar refractivity (Wildman–Crippen MR) is 143 cm³/mol. The molecule has 2 aromatic carbocycles. The number of nitrogens with zero attached hydrogens (tertiary/aromatic N) is 3. The van der Waals surface area contributed by atoms with E-state index < -0.39 is 16.1 Å². The van der Waals surface area contributed by atoms with Crippen LogP contribution in [0.15, 0.2) is 90.1 Å². The summed E-state index contributed by atoms with van der Waals surface area (Å²) >= 11 is 0. The predicted octanol–water partition coefficient (Wildman–Crippen LogP) is 4.01. The summed E-state index contributed by atoms with van der Waals surface area (Å²) in [7, 11) is -3.89. The number of aromatic nitrogens is 1. The highest BCUT2D eigenvalue weighted by atomic mass is 32.2. The van der Waals surface area contributed by atoms with Gasteiger partial charge in [0.15, 0.2) is 5.03 Å². The van der Waals surface area contributed by atoms with E-state index in [9.17, 15) is 18.3 Å². The van der Waals surface area contributed by atoms with Crippen molar-refractivity contribution in [3.63, 3.8) is 0 Å². The fourth-order valence-electron chi connectivity index (χ4n) is 4.88. The molecule has 0 aliphatic heterocycles. The van der Waals surface area contributed by atoms with Crippen molar-refractivity contribution in [3.8, 4) is 0 Å². The number of hydrogen-bond acceptors (Lipinski definition) is 5. The molecule has 7 nitrogen and oxygen atoms in total. The van der Waals surface area contributed by atoms with Crippen molar-refractivity contribution in [2.75, 3.05) is 26.2 Å². The van der Waals surface area contributed by atoms with Crippen molar-refractivity contribution >= 4 is 15.9 Å². The second-order valence-electron chi connectivity index (χ2n) is 9.65. The van der Waals surface area contributed by atoms with Crippen LogP contribution in [0.5, 0.6) is 0 Å². The van der Waals surface area contributed by atoms with Crippen LogP contribution in [0.25, 0.3) is 0 Å². The molecule has 1 saturated carbocycles. The van der Waals surface area contributed by atoms with Crippen molar-refractivity contribution in [1.29, 1.82) is 0 Å². The molecule has 3 aromatic rings. The Morgan fingerprint density at radius 2 is 1.57 bits per heavy atom. The van der Waals surface area contributed by atoms with Crippen molar-refractivity contribution in [2.45, 2.75) is 43.2 Å². The van der Waals surface area contributed by atoms with Crippen LogP contribution in [0.3, 0.4) is 0 Å². The summed E-state index contributed by atoms with van der Waals surface area (Å²) in [6, 6.07) is 23.6. The lowest BCUT2D eigenvalue weighted by molar-refractivity contribution is 0.0584. The molecule has 0 spiro atoms. The van der Waals surface area contributed by atoms with Crippen LogP contribution < -0.4 is 0 Å². The highest BCUT2D eigenvalue weighted by Gasteiger charge is 2.32. The second kappa shape index (κ2) is 12.9. The van der Waals surface area contributed by atoms with Crippen LogP contribution >= 0.6 is 0 Å². The molecule has 0 bridgehead atoms.